The van der Waals surface area contributed by atoms with Gasteiger partial charge in [0, 0.05) is 18.6 Å². The lowest BCUT2D eigenvalue weighted by atomic mass is 10.0. The highest BCUT2D eigenvalue weighted by Crippen LogP contribution is 2.25. The zero-order valence-electron chi connectivity index (χ0n) is 12.3. The minimum Gasteiger partial charge on any atom is -0.313 e. The van der Waals surface area contributed by atoms with Gasteiger partial charge in [-0.05, 0) is 50.6 Å². The Balaban J connectivity index is 2.03. The predicted octanol–water partition coefficient (Wildman–Crippen LogP) is 4.00. The summed E-state index contributed by atoms with van der Waals surface area (Å²) in [6.45, 7) is 7.47. The molecule has 0 aromatic heterocycles. The molecule has 2 rings (SSSR count). The second kappa shape index (κ2) is 7.39. The van der Waals surface area contributed by atoms with Crippen LogP contribution in [0.3, 0.4) is 0 Å². The predicted molar refractivity (Wildman–Crippen MR) is 82.7 cm³/mol. The average molecular weight is 299 g/mol. The first kappa shape index (κ1) is 15.7. The smallest absolute Gasteiger partial charge is 0.141 e. The third-order valence-electron chi connectivity index (χ3n) is 4.25. The van der Waals surface area contributed by atoms with Crippen LogP contribution in [0.25, 0.3) is 0 Å². The third-order valence-corrected chi connectivity index (χ3v) is 4.54. The van der Waals surface area contributed by atoms with Gasteiger partial charge in [0.2, 0.25) is 0 Å². The molecule has 0 amide bonds. The fourth-order valence-electron chi connectivity index (χ4n) is 2.91. The molecule has 1 saturated heterocycles. The summed E-state index contributed by atoms with van der Waals surface area (Å²) in [5.41, 5.74) is 1.08. The van der Waals surface area contributed by atoms with Gasteiger partial charge in [0.25, 0.3) is 0 Å². The van der Waals surface area contributed by atoms with Gasteiger partial charge >= 0.3 is 0 Å². The van der Waals surface area contributed by atoms with E-state index in [0.29, 0.717) is 6.04 Å². The van der Waals surface area contributed by atoms with Crippen LogP contribution in [0.1, 0.15) is 44.7 Å². The quantitative estimate of drug-likeness (QED) is 0.884. The topological polar surface area (TPSA) is 15.3 Å². The van der Waals surface area contributed by atoms with Crippen LogP contribution in [0.15, 0.2) is 18.2 Å². The lowest BCUT2D eigenvalue weighted by molar-refractivity contribution is 0.184. The molecule has 2 nitrogen and oxygen atoms in total. The van der Waals surface area contributed by atoms with E-state index in [4.69, 9.17) is 11.6 Å². The highest BCUT2D eigenvalue weighted by Gasteiger charge is 2.20. The maximum Gasteiger partial charge on any atom is 0.141 e. The Bertz CT molecular complexity index is 432. The molecule has 1 aliphatic heterocycles. The number of benzene rings is 1. The van der Waals surface area contributed by atoms with Crippen LogP contribution < -0.4 is 5.32 Å². The fraction of sp³-hybridized carbons (Fsp3) is 0.625. The largest absolute Gasteiger partial charge is 0.313 e. The van der Waals surface area contributed by atoms with Crippen molar-refractivity contribution < 1.29 is 4.39 Å². The van der Waals surface area contributed by atoms with Gasteiger partial charge in [-0.1, -0.05) is 31.0 Å². The SMILES string of the molecule is CCN(CC1CCCCN1)C(C)c1ccc(F)c(Cl)c1. The molecule has 20 heavy (non-hydrogen) atoms. The Morgan fingerprint density at radius 3 is 2.85 bits per heavy atom. The maximum atomic E-state index is 13.3. The van der Waals surface area contributed by atoms with Crippen molar-refractivity contribution >= 4 is 11.6 Å². The van der Waals surface area contributed by atoms with Crippen molar-refractivity contribution in [2.45, 2.75) is 45.2 Å². The number of nitrogens with zero attached hydrogens (tertiary/aromatic N) is 1. The van der Waals surface area contributed by atoms with Crippen LogP contribution >= 0.6 is 11.6 Å². The van der Waals surface area contributed by atoms with Crippen molar-refractivity contribution in [2.24, 2.45) is 0 Å². The second-order valence-electron chi connectivity index (χ2n) is 5.58. The Labute approximate surface area is 126 Å². The van der Waals surface area contributed by atoms with E-state index in [-0.39, 0.29) is 16.9 Å². The van der Waals surface area contributed by atoms with E-state index in [1.165, 1.54) is 25.3 Å². The molecular weight excluding hydrogens is 275 g/mol. The van der Waals surface area contributed by atoms with Gasteiger partial charge in [-0.25, -0.2) is 4.39 Å². The van der Waals surface area contributed by atoms with Gasteiger partial charge in [0.05, 0.1) is 5.02 Å². The molecule has 0 spiro atoms. The fourth-order valence-corrected chi connectivity index (χ4v) is 3.10. The summed E-state index contributed by atoms with van der Waals surface area (Å²) >= 11 is 5.89. The number of hydrogen-bond acceptors (Lipinski definition) is 2. The molecule has 2 unspecified atom stereocenters. The molecular formula is C16H24ClFN2. The van der Waals surface area contributed by atoms with Crippen LogP contribution in [0, 0.1) is 5.82 Å². The van der Waals surface area contributed by atoms with Crippen LogP contribution in [0.5, 0.6) is 0 Å². The lowest BCUT2D eigenvalue weighted by Gasteiger charge is -2.34. The number of hydrogen-bond donors (Lipinski definition) is 1. The second-order valence-corrected chi connectivity index (χ2v) is 5.99. The van der Waals surface area contributed by atoms with Gasteiger partial charge in [-0.2, -0.15) is 0 Å². The Kier molecular flexibility index (Phi) is 5.82. The molecule has 4 heteroatoms. The van der Waals surface area contributed by atoms with Crippen LogP contribution in [0.2, 0.25) is 5.02 Å². The van der Waals surface area contributed by atoms with Crippen molar-refractivity contribution in [2.75, 3.05) is 19.6 Å². The molecule has 2 atom stereocenters. The summed E-state index contributed by atoms with van der Waals surface area (Å²) in [5, 5.41) is 3.79. The Morgan fingerprint density at radius 2 is 2.25 bits per heavy atom. The van der Waals surface area contributed by atoms with Crippen LogP contribution in [0.4, 0.5) is 4.39 Å². The minimum atomic E-state index is -0.348. The standard InChI is InChI=1S/C16H24ClFN2/c1-3-20(11-14-6-4-5-9-19-14)12(2)13-7-8-16(18)15(17)10-13/h7-8,10,12,14,19H,3-6,9,11H2,1-2H3. The molecule has 0 bridgehead atoms. The molecule has 1 fully saturated rings. The van der Waals surface area contributed by atoms with Gasteiger partial charge in [0.15, 0.2) is 0 Å². The monoisotopic (exact) mass is 298 g/mol. The molecule has 0 radical (unpaired) electrons. The molecule has 1 aliphatic rings. The van der Waals surface area contributed by atoms with Gasteiger partial charge in [-0.15, -0.1) is 0 Å². The summed E-state index contributed by atoms with van der Waals surface area (Å²) in [7, 11) is 0. The first-order valence-corrected chi connectivity index (χ1v) is 7.92. The van der Waals surface area contributed by atoms with Gasteiger partial charge in [-0.3, -0.25) is 4.90 Å². The minimum absolute atomic E-state index is 0.209. The van der Waals surface area contributed by atoms with E-state index in [1.54, 1.807) is 6.07 Å². The van der Waals surface area contributed by atoms with E-state index in [9.17, 15) is 4.39 Å². The van der Waals surface area contributed by atoms with Crippen molar-refractivity contribution in [3.8, 4) is 0 Å². The van der Waals surface area contributed by atoms with E-state index < -0.39 is 0 Å². The molecule has 1 aromatic carbocycles. The van der Waals surface area contributed by atoms with Crippen molar-refractivity contribution in [1.29, 1.82) is 0 Å². The number of rotatable bonds is 5. The highest BCUT2D eigenvalue weighted by molar-refractivity contribution is 6.30. The Hall–Kier alpha value is -0.640. The molecule has 1 heterocycles. The van der Waals surface area contributed by atoms with E-state index in [2.05, 4.69) is 24.1 Å². The third kappa shape index (κ3) is 3.94. The van der Waals surface area contributed by atoms with E-state index >= 15 is 0 Å². The number of piperidine rings is 1. The number of likely N-dealkylation sites (N-methyl/N-ethyl adjacent to an activating group) is 1. The highest BCUT2D eigenvalue weighted by atomic mass is 35.5. The Morgan fingerprint density at radius 1 is 1.45 bits per heavy atom. The summed E-state index contributed by atoms with van der Waals surface area (Å²) in [6.07, 6.45) is 3.84. The molecule has 112 valence electrons. The van der Waals surface area contributed by atoms with Crippen molar-refractivity contribution in [1.82, 2.24) is 10.2 Å². The molecule has 0 saturated carbocycles. The molecule has 1 N–H and O–H groups in total. The molecule has 1 aromatic rings. The van der Waals surface area contributed by atoms with E-state index in [0.717, 1.165) is 25.2 Å². The summed E-state index contributed by atoms with van der Waals surface area (Å²) < 4.78 is 13.3. The summed E-state index contributed by atoms with van der Waals surface area (Å²) in [6, 6.07) is 5.87. The van der Waals surface area contributed by atoms with Gasteiger partial charge < -0.3 is 5.32 Å². The zero-order chi connectivity index (χ0) is 14.5. The number of halogens is 2. The van der Waals surface area contributed by atoms with Crippen LogP contribution in [-0.2, 0) is 0 Å². The first-order chi connectivity index (χ1) is 9.61. The maximum absolute atomic E-state index is 13.3. The van der Waals surface area contributed by atoms with Crippen molar-refractivity contribution in [3.63, 3.8) is 0 Å². The summed E-state index contributed by atoms with van der Waals surface area (Å²) in [5.74, 6) is -0.348. The van der Waals surface area contributed by atoms with Crippen LogP contribution in [-0.4, -0.2) is 30.6 Å². The zero-order valence-corrected chi connectivity index (χ0v) is 13.1. The van der Waals surface area contributed by atoms with E-state index in [1.807, 2.05) is 6.07 Å². The summed E-state index contributed by atoms with van der Waals surface area (Å²) in [4.78, 5) is 2.42. The first-order valence-electron chi connectivity index (χ1n) is 7.54. The van der Waals surface area contributed by atoms with Gasteiger partial charge in [0.1, 0.15) is 5.82 Å². The normalized spacial score (nSPS) is 21.1. The molecule has 0 aliphatic carbocycles. The number of nitrogens with one attached hydrogen (secondary N) is 1. The average Bonchev–Trinajstić information content (AvgIpc) is 2.48. The lowest BCUT2D eigenvalue weighted by Crippen LogP contribution is -2.44. The van der Waals surface area contributed by atoms with Crippen molar-refractivity contribution in [3.05, 3.63) is 34.6 Å².